The van der Waals surface area contributed by atoms with Crippen LogP contribution in [-0.2, 0) is 28.2 Å². The number of hydrogen-bond donors (Lipinski definition) is 2. The van der Waals surface area contributed by atoms with Crippen LogP contribution in [0.4, 0.5) is 17.1 Å². The van der Waals surface area contributed by atoms with E-state index in [0.29, 0.717) is 63.4 Å². The summed E-state index contributed by atoms with van der Waals surface area (Å²) >= 11 is 6.68. The lowest BCUT2D eigenvalue weighted by Gasteiger charge is -2.32. The number of carbonyl (C=O) groups is 2. The van der Waals surface area contributed by atoms with Crippen molar-refractivity contribution in [1.29, 1.82) is 0 Å². The van der Waals surface area contributed by atoms with Crippen LogP contribution in [0.3, 0.4) is 0 Å². The number of aryl methyl sites for hydroxylation is 1. The summed E-state index contributed by atoms with van der Waals surface area (Å²) in [6, 6.07) is 37.4. The largest absolute Gasteiger partial charge is 0.454 e. The van der Waals surface area contributed by atoms with Crippen LogP contribution in [0.15, 0.2) is 128 Å². The Balaban J connectivity index is 1.02. The van der Waals surface area contributed by atoms with Gasteiger partial charge in [-0.25, -0.2) is 0 Å². The van der Waals surface area contributed by atoms with E-state index >= 15 is 4.79 Å². The molecule has 300 valence electrons. The molecule has 0 radical (unpaired) electrons. The average Bonchev–Trinajstić information content (AvgIpc) is 3.86. The maximum Gasteiger partial charge on any atom is 0.266 e. The molecule has 4 heterocycles. The number of hydrogen-bond acceptors (Lipinski definition) is 8. The number of aromatic nitrogens is 3. The first-order valence-electron chi connectivity index (χ1n) is 19.8. The Morgan fingerprint density at radius 3 is 2.41 bits per heavy atom. The van der Waals surface area contributed by atoms with Crippen molar-refractivity contribution in [2.24, 2.45) is 5.92 Å². The van der Waals surface area contributed by atoms with E-state index in [1.165, 1.54) is 0 Å². The van der Waals surface area contributed by atoms with Crippen molar-refractivity contribution in [2.45, 2.75) is 62.7 Å². The second-order valence-electron chi connectivity index (χ2n) is 16.1. The molecule has 1 unspecified atom stereocenters. The van der Waals surface area contributed by atoms with Gasteiger partial charge in [-0.05, 0) is 85.2 Å². The fraction of sp³-hybridized carbons (Fsp3) is 0.261. The third-order valence-corrected chi connectivity index (χ3v) is 14.8. The highest BCUT2D eigenvalue weighted by atomic mass is 35.5. The van der Waals surface area contributed by atoms with Crippen molar-refractivity contribution >= 4 is 48.8 Å². The van der Waals surface area contributed by atoms with E-state index in [-0.39, 0.29) is 36.4 Å². The van der Waals surface area contributed by atoms with Crippen LogP contribution < -0.4 is 14.5 Å². The summed E-state index contributed by atoms with van der Waals surface area (Å²) < 4.78 is 15.0. The molecule has 59 heavy (non-hydrogen) atoms. The number of fused-ring (bicyclic) bond motifs is 4. The molecule has 13 heteroatoms. The van der Waals surface area contributed by atoms with Crippen molar-refractivity contribution in [2.75, 3.05) is 16.4 Å². The molecule has 11 nitrogen and oxygen atoms in total. The summed E-state index contributed by atoms with van der Waals surface area (Å²) in [7, 11) is -2.95. The van der Waals surface area contributed by atoms with Crippen molar-refractivity contribution in [1.82, 2.24) is 15.0 Å². The smallest absolute Gasteiger partial charge is 0.266 e. The molecule has 2 amide bonds. The number of amides is 2. The first kappa shape index (κ1) is 38.9. The van der Waals surface area contributed by atoms with Gasteiger partial charge in [-0.2, -0.15) is 0 Å². The number of carbonyl (C=O) groups excluding carboxylic acids is 2. The molecule has 1 spiro atoms. The molecule has 0 bridgehead atoms. The summed E-state index contributed by atoms with van der Waals surface area (Å²) in [4.78, 5) is 44.7. The number of benzene rings is 5. The predicted molar refractivity (Wildman–Crippen MR) is 228 cm³/mol. The van der Waals surface area contributed by atoms with Crippen LogP contribution in [0.25, 0.3) is 0 Å². The molecule has 0 aliphatic carbocycles. The zero-order valence-corrected chi connectivity index (χ0v) is 34.7. The zero-order valence-electron chi connectivity index (χ0n) is 32.9. The minimum Gasteiger partial charge on any atom is -0.454 e. The number of rotatable bonds is 10. The number of ether oxygens (including phenoxy) is 2. The maximum atomic E-state index is 15.2. The van der Waals surface area contributed by atoms with Gasteiger partial charge >= 0.3 is 0 Å². The molecule has 5 atom stereocenters. The van der Waals surface area contributed by atoms with E-state index in [9.17, 15) is 14.7 Å². The van der Waals surface area contributed by atoms with E-state index < -0.39 is 25.9 Å². The molecule has 0 saturated carbocycles. The Hall–Kier alpha value is -5.63. The average molecular weight is 826 g/mol. The number of anilines is 3. The molecular formula is C46H44ClN5O6Si. The Morgan fingerprint density at radius 1 is 0.881 bits per heavy atom. The van der Waals surface area contributed by atoms with Gasteiger partial charge in [0.05, 0.1) is 47.8 Å². The number of para-hydroxylation sites is 3. The van der Waals surface area contributed by atoms with Gasteiger partial charge < -0.3 is 24.3 Å². The van der Waals surface area contributed by atoms with Crippen LogP contribution >= 0.6 is 11.6 Å². The van der Waals surface area contributed by atoms with E-state index in [1.54, 1.807) is 32.7 Å². The fourth-order valence-corrected chi connectivity index (χ4v) is 12.2. The van der Waals surface area contributed by atoms with Gasteiger partial charge in [-0.15, -0.1) is 5.10 Å². The number of halogens is 1. The van der Waals surface area contributed by atoms with Crippen LogP contribution in [0.1, 0.15) is 52.0 Å². The van der Waals surface area contributed by atoms with Gasteiger partial charge in [0.15, 0.2) is 19.7 Å². The van der Waals surface area contributed by atoms with E-state index in [0.717, 1.165) is 11.1 Å². The van der Waals surface area contributed by atoms with E-state index in [4.69, 9.17) is 21.1 Å². The summed E-state index contributed by atoms with van der Waals surface area (Å²) in [5.74, 6) is -0.137. The number of nitrogens with zero attached hydrogens (tertiary/aromatic N) is 5. The topological polar surface area (TPSA) is 130 Å². The monoisotopic (exact) mass is 825 g/mol. The van der Waals surface area contributed by atoms with Crippen LogP contribution in [0.5, 0.6) is 11.5 Å². The van der Waals surface area contributed by atoms with Gasteiger partial charge in [0.25, 0.3) is 11.8 Å². The van der Waals surface area contributed by atoms with Gasteiger partial charge in [0.2, 0.25) is 0 Å². The maximum absolute atomic E-state index is 15.2. The van der Waals surface area contributed by atoms with Crippen molar-refractivity contribution in [3.63, 3.8) is 0 Å². The quantitative estimate of drug-likeness (QED) is 0.132. The lowest BCUT2D eigenvalue weighted by atomic mass is 9.82. The van der Waals surface area contributed by atoms with Crippen LogP contribution in [0, 0.1) is 5.92 Å². The summed E-state index contributed by atoms with van der Waals surface area (Å²) in [6.07, 6.45) is 1.83. The summed E-state index contributed by atoms with van der Waals surface area (Å²) in [5, 5.41) is 19.5. The SMILES string of the molecule is C[C@H]1[C@H]([Si](C)(C)O)[C@@H](CCn2cc(C(CO)c3ccccc3)nn2)O[C@]12C(=O)N(Cc1cccc(N3C(=O)c4ccccc4Oc4ccccc43)c1)c1ccc(Cl)cc12. The van der Waals surface area contributed by atoms with Crippen molar-refractivity contribution in [3.05, 3.63) is 160 Å². The Morgan fingerprint density at radius 2 is 1.63 bits per heavy atom. The molecule has 3 aliphatic rings. The lowest BCUT2D eigenvalue weighted by Crippen LogP contribution is -2.46. The van der Waals surface area contributed by atoms with Gasteiger partial charge in [-0.1, -0.05) is 90.5 Å². The third-order valence-electron chi connectivity index (χ3n) is 12.0. The minimum atomic E-state index is -2.95. The normalized spacial score (nSPS) is 21.6. The summed E-state index contributed by atoms with van der Waals surface area (Å²) in [5.41, 5.74) is 3.72. The Kier molecular flexibility index (Phi) is 10.0. The van der Waals surface area contributed by atoms with Crippen LogP contribution in [-0.4, -0.2) is 57.7 Å². The molecule has 9 rings (SSSR count). The lowest BCUT2D eigenvalue weighted by molar-refractivity contribution is -0.146. The molecule has 6 aromatic rings. The Labute approximate surface area is 348 Å². The second kappa shape index (κ2) is 15.2. The molecule has 1 aromatic heterocycles. The first-order chi connectivity index (χ1) is 28.5. The van der Waals surface area contributed by atoms with Crippen molar-refractivity contribution in [3.8, 4) is 11.5 Å². The first-order valence-corrected chi connectivity index (χ1v) is 23.3. The Bertz CT molecular complexity index is 2560. The minimum absolute atomic E-state index is 0.112. The highest BCUT2D eigenvalue weighted by molar-refractivity contribution is 6.71. The third kappa shape index (κ3) is 6.74. The highest BCUT2D eigenvalue weighted by Crippen LogP contribution is 2.60. The molecule has 1 saturated heterocycles. The molecular weight excluding hydrogens is 782 g/mol. The highest BCUT2D eigenvalue weighted by Gasteiger charge is 2.66. The molecule has 5 aromatic carbocycles. The molecule has 1 fully saturated rings. The van der Waals surface area contributed by atoms with E-state index in [1.807, 2.05) is 129 Å². The second-order valence-corrected chi connectivity index (χ2v) is 20.5. The van der Waals surface area contributed by atoms with Gasteiger partial charge in [0, 0.05) is 40.5 Å². The standard InChI is InChI=1S/C46H44ClN5O6Si/c1-29-43(59(2,3)56)42(22-23-50-27-37(48-49-50)35(28-53)31-13-5-4-6-14-31)58-46(29)36-25-32(47)20-21-38(36)51(45(46)55)26-30-12-11-15-33(24-30)52-39-17-8-10-19-41(39)57-40-18-9-7-16-34(40)44(52)54/h4-21,24-25,27,29,35,42-43,53,56H,22-23,26,28H2,1-3H3/t29-,35?,42+,43-,46+/m0/s1. The fourth-order valence-electron chi connectivity index (χ4n) is 9.42. The van der Waals surface area contributed by atoms with Crippen molar-refractivity contribution < 1.29 is 29.0 Å². The number of aliphatic hydroxyl groups excluding tert-OH is 1. The zero-order chi connectivity index (χ0) is 41.1. The molecule has 3 aliphatic heterocycles. The van der Waals surface area contributed by atoms with Gasteiger partial charge in [0.1, 0.15) is 5.75 Å². The van der Waals surface area contributed by atoms with E-state index in [2.05, 4.69) is 10.3 Å². The van der Waals surface area contributed by atoms with Crippen LogP contribution in [0.2, 0.25) is 23.7 Å². The number of aliphatic hydroxyl groups is 1. The van der Waals surface area contributed by atoms with Gasteiger partial charge in [-0.3, -0.25) is 19.2 Å². The summed E-state index contributed by atoms with van der Waals surface area (Å²) in [6.45, 7) is 6.31. The predicted octanol–water partition coefficient (Wildman–Crippen LogP) is 8.57. The molecule has 2 N–H and O–H groups in total.